The summed E-state index contributed by atoms with van der Waals surface area (Å²) in [5.41, 5.74) is 1.28. The summed E-state index contributed by atoms with van der Waals surface area (Å²) in [5, 5.41) is 3.03. The molecule has 1 aromatic rings. The largest absolute Gasteiger partial charge is 0.497 e. The van der Waals surface area contributed by atoms with Crippen LogP contribution in [0.15, 0.2) is 17.0 Å². The van der Waals surface area contributed by atoms with Crippen molar-refractivity contribution in [2.75, 3.05) is 20.7 Å². The van der Waals surface area contributed by atoms with Crippen molar-refractivity contribution in [2.45, 2.75) is 63.3 Å². The van der Waals surface area contributed by atoms with E-state index in [0.717, 1.165) is 25.7 Å². The fourth-order valence-corrected chi connectivity index (χ4v) is 5.09. The van der Waals surface area contributed by atoms with E-state index in [-0.39, 0.29) is 29.8 Å². The molecule has 2 rings (SSSR count). The first-order valence-corrected chi connectivity index (χ1v) is 10.6. The normalized spacial score (nSPS) is 15.9. The van der Waals surface area contributed by atoms with E-state index < -0.39 is 10.0 Å². The lowest BCUT2D eigenvalue weighted by atomic mass is 9.95. The number of rotatable bonds is 7. The maximum absolute atomic E-state index is 12.9. The minimum absolute atomic E-state index is 0.0814. The molecule has 1 fully saturated rings. The number of benzene rings is 1. The number of nitrogens with one attached hydrogen (secondary N) is 1. The van der Waals surface area contributed by atoms with Gasteiger partial charge in [0, 0.05) is 26.1 Å². The molecule has 0 heterocycles. The van der Waals surface area contributed by atoms with Gasteiger partial charge in [0.25, 0.3) is 0 Å². The zero-order valence-corrected chi connectivity index (χ0v) is 17.0. The molecule has 7 heteroatoms. The summed E-state index contributed by atoms with van der Waals surface area (Å²) < 4.78 is 32.3. The minimum Gasteiger partial charge on any atom is -0.497 e. The van der Waals surface area contributed by atoms with Crippen LogP contribution in [0.25, 0.3) is 0 Å². The van der Waals surface area contributed by atoms with Crippen LogP contribution in [0.4, 0.5) is 0 Å². The second-order valence-corrected chi connectivity index (χ2v) is 9.05. The van der Waals surface area contributed by atoms with E-state index in [1.54, 1.807) is 33.1 Å². The third-order valence-corrected chi connectivity index (χ3v) is 7.12. The number of hydrogen-bond donors (Lipinski definition) is 1. The molecule has 6 nitrogen and oxygen atoms in total. The fraction of sp³-hybridized carbons (Fsp3) is 0.632. The standard InChI is InChI=1S/C19H30N2O4S/c1-14-12-17(25-4)13-15(2)19(14)26(23,24)21(3)11-10-18(22)20-16-8-6-5-7-9-16/h12-13,16H,5-11H2,1-4H3,(H,20,22). The van der Waals surface area contributed by atoms with Crippen LogP contribution < -0.4 is 10.1 Å². The van der Waals surface area contributed by atoms with E-state index in [4.69, 9.17) is 4.74 Å². The van der Waals surface area contributed by atoms with Gasteiger partial charge in [-0.2, -0.15) is 0 Å². The van der Waals surface area contributed by atoms with Crippen LogP contribution in [-0.2, 0) is 14.8 Å². The van der Waals surface area contributed by atoms with Gasteiger partial charge < -0.3 is 10.1 Å². The van der Waals surface area contributed by atoms with Gasteiger partial charge in [0.05, 0.1) is 12.0 Å². The number of carbonyl (C=O) groups excluding carboxylic acids is 1. The Bertz CT molecular complexity index is 717. The smallest absolute Gasteiger partial charge is 0.243 e. The first-order chi connectivity index (χ1) is 12.3. The van der Waals surface area contributed by atoms with Gasteiger partial charge in [-0.3, -0.25) is 4.79 Å². The van der Waals surface area contributed by atoms with Gasteiger partial charge in [-0.05, 0) is 49.9 Å². The highest BCUT2D eigenvalue weighted by Crippen LogP contribution is 2.27. The highest BCUT2D eigenvalue weighted by molar-refractivity contribution is 7.89. The molecule has 0 aromatic heterocycles. The van der Waals surface area contributed by atoms with Crippen LogP contribution in [0.2, 0.25) is 0 Å². The summed E-state index contributed by atoms with van der Waals surface area (Å²) >= 11 is 0. The van der Waals surface area contributed by atoms with Crippen molar-refractivity contribution in [1.82, 2.24) is 9.62 Å². The highest BCUT2D eigenvalue weighted by Gasteiger charge is 2.26. The van der Waals surface area contributed by atoms with Gasteiger partial charge in [-0.15, -0.1) is 0 Å². The van der Waals surface area contributed by atoms with Crippen molar-refractivity contribution in [3.8, 4) is 5.75 Å². The van der Waals surface area contributed by atoms with Gasteiger partial charge in [0.1, 0.15) is 5.75 Å². The fourth-order valence-electron chi connectivity index (χ4n) is 3.52. The molecule has 0 atom stereocenters. The maximum Gasteiger partial charge on any atom is 0.243 e. The van der Waals surface area contributed by atoms with E-state index in [1.165, 1.54) is 17.8 Å². The van der Waals surface area contributed by atoms with Crippen molar-refractivity contribution < 1.29 is 17.9 Å². The van der Waals surface area contributed by atoms with Crippen LogP contribution in [-0.4, -0.2) is 45.4 Å². The van der Waals surface area contributed by atoms with E-state index in [9.17, 15) is 13.2 Å². The third kappa shape index (κ3) is 4.98. The Kier molecular flexibility index (Phi) is 7.06. The molecule has 0 unspecified atom stereocenters. The molecular weight excluding hydrogens is 352 g/mol. The van der Waals surface area contributed by atoms with E-state index in [2.05, 4.69) is 5.32 Å². The Morgan fingerprint density at radius 2 is 1.77 bits per heavy atom. The predicted octanol–water partition coefficient (Wildman–Crippen LogP) is 2.77. The number of ether oxygens (including phenoxy) is 1. The SMILES string of the molecule is COc1cc(C)c(S(=O)(=O)N(C)CCC(=O)NC2CCCCC2)c(C)c1. The molecule has 0 radical (unpaired) electrons. The molecule has 1 aliphatic rings. The van der Waals surface area contributed by atoms with Crippen molar-refractivity contribution in [3.05, 3.63) is 23.3 Å². The van der Waals surface area contributed by atoms with Crippen LogP contribution in [0.1, 0.15) is 49.7 Å². The Balaban J connectivity index is 2.01. The summed E-state index contributed by atoms with van der Waals surface area (Å²) in [6, 6.07) is 3.66. The Hall–Kier alpha value is -1.60. The summed E-state index contributed by atoms with van der Waals surface area (Å²) in [6.07, 6.45) is 5.73. The van der Waals surface area contributed by atoms with E-state index in [1.807, 2.05) is 0 Å². The Labute approximate surface area is 157 Å². The molecule has 1 amide bonds. The zero-order valence-electron chi connectivity index (χ0n) is 16.2. The average Bonchev–Trinajstić information content (AvgIpc) is 2.59. The highest BCUT2D eigenvalue weighted by atomic mass is 32.2. The monoisotopic (exact) mass is 382 g/mol. The van der Waals surface area contributed by atoms with Crippen LogP contribution in [0.5, 0.6) is 5.75 Å². The molecule has 1 aromatic carbocycles. The lowest BCUT2D eigenvalue weighted by Gasteiger charge is -2.24. The van der Waals surface area contributed by atoms with Crippen molar-refractivity contribution >= 4 is 15.9 Å². The average molecular weight is 383 g/mol. The van der Waals surface area contributed by atoms with Crippen LogP contribution >= 0.6 is 0 Å². The van der Waals surface area contributed by atoms with Gasteiger partial charge in [-0.25, -0.2) is 12.7 Å². The van der Waals surface area contributed by atoms with Crippen LogP contribution in [0, 0.1) is 13.8 Å². The number of amides is 1. The molecule has 26 heavy (non-hydrogen) atoms. The predicted molar refractivity (Wildman–Crippen MR) is 102 cm³/mol. The van der Waals surface area contributed by atoms with E-state index in [0.29, 0.717) is 16.9 Å². The first kappa shape index (κ1) is 20.7. The zero-order chi connectivity index (χ0) is 19.3. The molecule has 0 aliphatic heterocycles. The maximum atomic E-state index is 12.9. The minimum atomic E-state index is -3.66. The topological polar surface area (TPSA) is 75.7 Å². The number of aryl methyl sites for hydroxylation is 2. The van der Waals surface area contributed by atoms with Gasteiger partial charge in [0.2, 0.25) is 15.9 Å². The van der Waals surface area contributed by atoms with Gasteiger partial charge in [-0.1, -0.05) is 19.3 Å². The summed E-state index contributed by atoms with van der Waals surface area (Å²) in [6.45, 7) is 3.67. The molecule has 1 N–H and O–H groups in total. The molecule has 0 bridgehead atoms. The lowest BCUT2D eigenvalue weighted by Crippen LogP contribution is -2.38. The second kappa shape index (κ2) is 8.86. The van der Waals surface area contributed by atoms with Crippen molar-refractivity contribution in [2.24, 2.45) is 0 Å². The van der Waals surface area contributed by atoms with E-state index >= 15 is 0 Å². The van der Waals surface area contributed by atoms with Crippen molar-refractivity contribution in [3.63, 3.8) is 0 Å². The quantitative estimate of drug-likeness (QED) is 0.787. The molecule has 0 saturated heterocycles. The molecular formula is C19H30N2O4S. The second-order valence-electron chi connectivity index (χ2n) is 7.07. The van der Waals surface area contributed by atoms with Crippen LogP contribution in [0.3, 0.4) is 0 Å². The Morgan fingerprint density at radius 3 is 2.31 bits per heavy atom. The molecule has 146 valence electrons. The number of carbonyl (C=O) groups is 1. The summed E-state index contributed by atoms with van der Waals surface area (Å²) in [7, 11) is -0.581. The summed E-state index contributed by atoms with van der Waals surface area (Å²) in [5.74, 6) is 0.551. The summed E-state index contributed by atoms with van der Waals surface area (Å²) in [4.78, 5) is 12.4. The number of methoxy groups -OCH3 is 1. The molecule has 1 aliphatic carbocycles. The first-order valence-electron chi connectivity index (χ1n) is 9.16. The van der Waals surface area contributed by atoms with Crippen molar-refractivity contribution in [1.29, 1.82) is 0 Å². The molecule has 0 spiro atoms. The van der Waals surface area contributed by atoms with Gasteiger partial charge in [0.15, 0.2) is 0 Å². The third-order valence-electron chi connectivity index (χ3n) is 4.96. The Morgan fingerprint density at radius 1 is 1.19 bits per heavy atom. The van der Waals surface area contributed by atoms with Gasteiger partial charge >= 0.3 is 0 Å². The number of sulfonamides is 1. The molecule has 1 saturated carbocycles. The number of nitrogens with zero attached hydrogens (tertiary/aromatic N) is 1. The lowest BCUT2D eigenvalue weighted by molar-refractivity contribution is -0.122. The number of hydrogen-bond acceptors (Lipinski definition) is 4.